The molecule has 0 aliphatic carbocycles. The highest BCUT2D eigenvalue weighted by atomic mass is 16.5. The molecule has 1 heterocycles. The first kappa shape index (κ1) is 27.3. The summed E-state index contributed by atoms with van der Waals surface area (Å²) in [6.45, 7) is 8.28. The van der Waals surface area contributed by atoms with Crippen LogP contribution >= 0.6 is 0 Å². The van der Waals surface area contributed by atoms with E-state index >= 15 is 0 Å². The van der Waals surface area contributed by atoms with Gasteiger partial charge in [-0.2, -0.15) is 0 Å². The third kappa shape index (κ3) is 9.11. The largest absolute Gasteiger partial charge is 0.473 e. The van der Waals surface area contributed by atoms with E-state index in [4.69, 9.17) is 29.3 Å². The first-order chi connectivity index (χ1) is 16.3. The van der Waals surface area contributed by atoms with Crippen LogP contribution in [-0.2, 0) is 30.3 Å². The second-order valence-corrected chi connectivity index (χ2v) is 8.26. The summed E-state index contributed by atoms with van der Waals surface area (Å²) in [4.78, 5) is 33.3. The van der Waals surface area contributed by atoms with Crippen LogP contribution in [0.25, 0.3) is 10.8 Å². The molecular formula is C26H35NO7. The quantitative estimate of drug-likeness (QED) is 0.397. The van der Waals surface area contributed by atoms with Crippen LogP contribution < -0.4 is 0 Å². The molecule has 1 aliphatic heterocycles. The van der Waals surface area contributed by atoms with Gasteiger partial charge >= 0.3 is 17.9 Å². The van der Waals surface area contributed by atoms with Crippen LogP contribution in [0.5, 0.6) is 0 Å². The Kier molecular flexibility index (Phi) is 11.5. The zero-order chi connectivity index (χ0) is 24.9. The van der Waals surface area contributed by atoms with Crippen molar-refractivity contribution in [1.82, 2.24) is 4.90 Å². The molecule has 2 aromatic carbocycles. The summed E-state index contributed by atoms with van der Waals surface area (Å²) >= 11 is 0. The first-order valence-corrected chi connectivity index (χ1v) is 11.8. The second kappa shape index (κ2) is 14.3. The molecular weight excluding hydrogens is 438 g/mol. The number of aliphatic carboxylic acids is 2. The smallest absolute Gasteiger partial charge is 0.414 e. The molecule has 2 aromatic rings. The van der Waals surface area contributed by atoms with Crippen molar-refractivity contribution in [1.29, 1.82) is 0 Å². The van der Waals surface area contributed by atoms with Crippen LogP contribution in [0, 0.1) is 5.92 Å². The highest BCUT2D eigenvalue weighted by Gasteiger charge is 2.27. The summed E-state index contributed by atoms with van der Waals surface area (Å²) < 4.78 is 11.5. The van der Waals surface area contributed by atoms with Gasteiger partial charge < -0.3 is 24.6 Å². The fourth-order valence-electron chi connectivity index (χ4n) is 3.99. The van der Waals surface area contributed by atoms with Crippen molar-refractivity contribution in [3.8, 4) is 0 Å². The summed E-state index contributed by atoms with van der Waals surface area (Å²) in [5.41, 5.74) is 1.18. The van der Waals surface area contributed by atoms with Crippen molar-refractivity contribution >= 4 is 28.7 Å². The molecule has 0 bridgehead atoms. The molecule has 0 radical (unpaired) electrons. The molecule has 0 spiro atoms. The maximum absolute atomic E-state index is 12.9. The number of likely N-dealkylation sites (N-methyl/N-ethyl adjacent to an activating group) is 1. The minimum atomic E-state index is -1.82. The fraction of sp³-hybridized carbons (Fsp3) is 0.500. The summed E-state index contributed by atoms with van der Waals surface area (Å²) in [5.74, 6) is -3.89. The number of ether oxygens (including phenoxy) is 2. The Morgan fingerprint density at radius 1 is 1.06 bits per heavy atom. The molecule has 2 unspecified atom stereocenters. The molecule has 1 aliphatic rings. The Labute approximate surface area is 200 Å². The molecule has 186 valence electrons. The van der Waals surface area contributed by atoms with Gasteiger partial charge in [0.05, 0.1) is 12.0 Å². The van der Waals surface area contributed by atoms with E-state index < -0.39 is 11.9 Å². The number of rotatable bonds is 10. The van der Waals surface area contributed by atoms with Crippen LogP contribution in [0.2, 0.25) is 0 Å². The van der Waals surface area contributed by atoms with Gasteiger partial charge in [-0.25, -0.2) is 9.59 Å². The average Bonchev–Trinajstić information content (AvgIpc) is 3.35. The number of carbonyl (C=O) groups excluding carboxylic acids is 1. The van der Waals surface area contributed by atoms with Crippen LogP contribution in [-0.4, -0.2) is 72.0 Å². The lowest BCUT2D eigenvalue weighted by atomic mass is 9.92. The van der Waals surface area contributed by atoms with Gasteiger partial charge in [0.15, 0.2) is 0 Å². The zero-order valence-corrected chi connectivity index (χ0v) is 19.9. The molecule has 0 saturated carbocycles. The Morgan fingerprint density at radius 2 is 1.74 bits per heavy atom. The summed E-state index contributed by atoms with van der Waals surface area (Å²) in [7, 11) is 0. The number of benzene rings is 2. The van der Waals surface area contributed by atoms with Crippen LogP contribution in [0.1, 0.15) is 38.7 Å². The lowest BCUT2D eigenvalue weighted by molar-refractivity contribution is -0.159. The molecule has 0 aromatic heterocycles. The number of carboxylic acid groups (broad SMARTS) is 2. The number of nitrogens with zero attached hydrogens (tertiary/aromatic N) is 1. The topological polar surface area (TPSA) is 113 Å². The number of hydrogen-bond donors (Lipinski definition) is 2. The number of esters is 1. The van der Waals surface area contributed by atoms with E-state index in [2.05, 4.69) is 61.2 Å². The van der Waals surface area contributed by atoms with Crippen molar-refractivity contribution in [3.05, 3.63) is 48.0 Å². The second-order valence-electron chi connectivity index (χ2n) is 8.26. The minimum Gasteiger partial charge on any atom is -0.473 e. The van der Waals surface area contributed by atoms with Gasteiger partial charge in [-0.05, 0) is 55.1 Å². The normalized spacial score (nSPS) is 16.0. The van der Waals surface area contributed by atoms with E-state index in [0.29, 0.717) is 13.0 Å². The van der Waals surface area contributed by atoms with Gasteiger partial charge in [0.25, 0.3) is 0 Å². The fourth-order valence-corrected chi connectivity index (χ4v) is 3.99. The van der Waals surface area contributed by atoms with Crippen molar-refractivity contribution < 1.29 is 34.1 Å². The van der Waals surface area contributed by atoms with Gasteiger partial charge in [0, 0.05) is 13.2 Å². The molecule has 1 fully saturated rings. The Balaban J connectivity index is 0.000000604. The van der Waals surface area contributed by atoms with Crippen molar-refractivity contribution in [3.63, 3.8) is 0 Å². The van der Waals surface area contributed by atoms with E-state index in [1.807, 2.05) is 0 Å². The third-order valence-corrected chi connectivity index (χ3v) is 5.93. The SMILES string of the molecule is CCN(CC)CCOC(=O)C(Cc1ccc2ccccc2c1)CC1CCCO1.O=C(O)C(=O)O. The summed E-state index contributed by atoms with van der Waals surface area (Å²) in [5, 5.41) is 17.2. The number of hydrogen-bond acceptors (Lipinski definition) is 6. The van der Waals surface area contributed by atoms with Gasteiger partial charge in [0.1, 0.15) is 6.61 Å². The van der Waals surface area contributed by atoms with Crippen molar-refractivity contribution in [2.45, 2.75) is 45.6 Å². The Hall–Kier alpha value is -2.97. The molecule has 2 N–H and O–H groups in total. The predicted molar refractivity (Wildman–Crippen MR) is 129 cm³/mol. The van der Waals surface area contributed by atoms with E-state index in [-0.39, 0.29) is 18.0 Å². The lowest BCUT2D eigenvalue weighted by Crippen LogP contribution is -2.30. The molecule has 8 nitrogen and oxygen atoms in total. The average molecular weight is 474 g/mol. The molecule has 8 heteroatoms. The van der Waals surface area contributed by atoms with Crippen LogP contribution in [0.3, 0.4) is 0 Å². The van der Waals surface area contributed by atoms with Gasteiger partial charge in [-0.1, -0.05) is 56.3 Å². The monoisotopic (exact) mass is 473 g/mol. The van der Waals surface area contributed by atoms with Crippen molar-refractivity contribution in [2.75, 3.05) is 32.8 Å². The maximum atomic E-state index is 12.9. The summed E-state index contributed by atoms with van der Waals surface area (Å²) in [6, 6.07) is 14.8. The Morgan fingerprint density at radius 3 is 2.32 bits per heavy atom. The van der Waals surface area contributed by atoms with E-state index in [0.717, 1.165) is 45.5 Å². The third-order valence-electron chi connectivity index (χ3n) is 5.93. The lowest BCUT2D eigenvalue weighted by Gasteiger charge is -2.21. The highest BCUT2D eigenvalue weighted by Crippen LogP contribution is 2.25. The predicted octanol–water partition coefficient (Wildman–Crippen LogP) is 3.61. The number of fused-ring (bicyclic) bond motifs is 1. The van der Waals surface area contributed by atoms with Crippen LogP contribution in [0.4, 0.5) is 0 Å². The molecule has 0 amide bonds. The Bertz CT molecular complexity index is 924. The highest BCUT2D eigenvalue weighted by molar-refractivity contribution is 6.27. The number of carbonyl (C=O) groups is 3. The maximum Gasteiger partial charge on any atom is 0.414 e. The number of carboxylic acids is 2. The van der Waals surface area contributed by atoms with Gasteiger partial charge in [-0.15, -0.1) is 0 Å². The summed E-state index contributed by atoms with van der Waals surface area (Å²) in [6.07, 6.45) is 3.76. The van der Waals surface area contributed by atoms with Crippen LogP contribution in [0.15, 0.2) is 42.5 Å². The van der Waals surface area contributed by atoms with E-state index in [9.17, 15) is 4.79 Å². The van der Waals surface area contributed by atoms with Crippen molar-refractivity contribution in [2.24, 2.45) is 5.92 Å². The standard InChI is InChI=1S/C24H33NO3.C2H2O4/c1-3-25(4-2)13-15-28-24(26)22(18-23-10-7-14-27-23)17-19-11-12-20-8-5-6-9-21(20)16-19;3-1(4)2(5)6/h5-6,8-9,11-12,16,22-23H,3-4,7,10,13-15,17-18H2,1-2H3;(H,3,4)(H,5,6). The molecule has 1 saturated heterocycles. The zero-order valence-electron chi connectivity index (χ0n) is 19.9. The van der Waals surface area contributed by atoms with E-state index in [1.54, 1.807) is 0 Å². The molecule has 34 heavy (non-hydrogen) atoms. The van der Waals surface area contributed by atoms with Gasteiger partial charge in [0.2, 0.25) is 0 Å². The van der Waals surface area contributed by atoms with Gasteiger partial charge in [-0.3, -0.25) is 4.79 Å². The minimum absolute atomic E-state index is 0.0872. The molecule has 3 rings (SSSR count). The first-order valence-electron chi connectivity index (χ1n) is 11.8. The van der Waals surface area contributed by atoms with E-state index in [1.165, 1.54) is 16.3 Å². The molecule has 2 atom stereocenters.